The van der Waals surface area contributed by atoms with Gasteiger partial charge in [0.25, 0.3) is 0 Å². The van der Waals surface area contributed by atoms with Gasteiger partial charge < -0.3 is 4.74 Å². The first-order valence-corrected chi connectivity index (χ1v) is 13.5. The van der Waals surface area contributed by atoms with E-state index in [2.05, 4.69) is 40.7 Å². The van der Waals surface area contributed by atoms with Crippen LogP contribution in [0.2, 0.25) is 0 Å². The Balaban J connectivity index is 1.54. The molecule has 3 fully saturated rings. The maximum atomic E-state index is 11.9. The maximum Gasteiger partial charge on any atom is 0.302 e. The second-order valence-electron chi connectivity index (χ2n) is 12.7. The van der Waals surface area contributed by atoms with Crippen LogP contribution in [0.1, 0.15) is 112 Å². The molecule has 0 heterocycles. The van der Waals surface area contributed by atoms with E-state index in [1.165, 1.54) is 64.2 Å². The van der Waals surface area contributed by atoms with E-state index in [1.807, 2.05) is 0 Å². The van der Waals surface area contributed by atoms with E-state index in [1.54, 1.807) is 12.5 Å². The van der Waals surface area contributed by atoms with Crippen LogP contribution >= 0.6 is 0 Å². The van der Waals surface area contributed by atoms with E-state index in [9.17, 15) is 4.79 Å². The van der Waals surface area contributed by atoms with E-state index in [0.29, 0.717) is 17.3 Å². The highest BCUT2D eigenvalue weighted by atomic mass is 16.5. The number of hydrogen-bond donors (Lipinski definition) is 0. The minimum atomic E-state index is -0.0835. The SMILES string of the molecule is CC(=O)OC1CCCC2CC=C3[C@H](CC[C@]4(C)[C@@H]([C@H](C)CCCC(C)C)CC[C@@H]34)[C@]21C. The van der Waals surface area contributed by atoms with Gasteiger partial charge in [-0.1, -0.05) is 65.5 Å². The van der Waals surface area contributed by atoms with Gasteiger partial charge in [0.2, 0.25) is 0 Å². The highest BCUT2D eigenvalue weighted by Gasteiger charge is 2.60. The fourth-order valence-electron chi connectivity index (χ4n) is 8.95. The van der Waals surface area contributed by atoms with Crippen LogP contribution < -0.4 is 0 Å². The van der Waals surface area contributed by atoms with Crippen LogP contribution in [-0.4, -0.2) is 12.1 Å². The van der Waals surface area contributed by atoms with Crippen molar-refractivity contribution >= 4 is 5.97 Å². The summed E-state index contributed by atoms with van der Waals surface area (Å²) in [7, 11) is 0. The third-order valence-electron chi connectivity index (χ3n) is 10.6. The summed E-state index contributed by atoms with van der Waals surface area (Å²) in [5, 5.41) is 0. The Morgan fingerprint density at radius 1 is 1.06 bits per heavy atom. The number of ether oxygens (including phenoxy) is 1. The smallest absolute Gasteiger partial charge is 0.302 e. The van der Waals surface area contributed by atoms with E-state index in [-0.39, 0.29) is 17.5 Å². The maximum absolute atomic E-state index is 11.9. The molecule has 31 heavy (non-hydrogen) atoms. The third-order valence-corrected chi connectivity index (χ3v) is 10.6. The Bertz CT molecular complexity index is 693. The van der Waals surface area contributed by atoms with Gasteiger partial charge in [-0.3, -0.25) is 4.79 Å². The predicted octanol–water partition coefficient (Wildman–Crippen LogP) is 7.96. The zero-order chi connectivity index (χ0) is 22.4. The number of carbonyl (C=O) groups is 1. The molecule has 0 N–H and O–H groups in total. The number of rotatable bonds is 6. The normalized spacial score (nSPS) is 42.9. The van der Waals surface area contributed by atoms with Crippen LogP contribution in [0.15, 0.2) is 11.6 Å². The molecule has 2 unspecified atom stereocenters. The first-order chi connectivity index (χ1) is 14.7. The molecule has 4 aliphatic rings. The molecule has 0 saturated heterocycles. The van der Waals surface area contributed by atoms with Crippen molar-refractivity contribution in [2.24, 2.45) is 46.3 Å². The van der Waals surface area contributed by atoms with Crippen molar-refractivity contribution in [2.45, 2.75) is 118 Å². The number of allylic oxidation sites excluding steroid dienone is 2. The van der Waals surface area contributed by atoms with Crippen LogP contribution in [0.3, 0.4) is 0 Å². The average molecular weight is 429 g/mol. The molecule has 2 heteroatoms. The van der Waals surface area contributed by atoms with E-state index < -0.39 is 0 Å². The molecular weight excluding hydrogens is 380 g/mol. The fraction of sp³-hybridized carbons (Fsp3) is 0.897. The number of fused-ring (bicyclic) bond motifs is 5. The molecule has 0 aromatic heterocycles. The highest BCUT2D eigenvalue weighted by Crippen LogP contribution is 2.67. The van der Waals surface area contributed by atoms with Crippen LogP contribution in [0.4, 0.5) is 0 Å². The van der Waals surface area contributed by atoms with E-state index in [4.69, 9.17) is 4.74 Å². The molecule has 0 aliphatic heterocycles. The van der Waals surface area contributed by atoms with Gasteiger partial charge in [-0.2, -0.15) is 0 Å². The van der Waals surface area contributed by atoms with Crippen LogP contribution in [0.25, 0.3) is 0 Å². The van der Waals surface area contributed by atoms with Crippen LogP contribution in [0.5, 0.6) is 0 Å². The van der Waals surface area contributed by atoms with Crippen molar-refractivity contribution in [3.05, 3.63) is 11.6 Å². The summed E-state index contributed by atoms with van der Waals surface area (Å²) in [5.74, 6) is 4.56. The molecule has 0 aromatic rings. The predicted molar refractivity (Wildman–Crippen MR) is 129 cm³/mol. The van der Waals surface area contributed by atoms with Gasteiger partial charge in [0.05, 0.1) is 0 Å². The molecule has 0 spiro atoms. The monoisotopic (exact) mass is 428 g/mol. The second kappa shape index (κ2) is 8.86. The molecule has 0 amide bonds. The lowest BCUT2D eigenvalue weighted by Crippen LogP contribution is -2.55. The fourth-order valence-corrected chi connectivity index (χ4v) is 8.95. The number of hydrogen-bond acceptors (Lipinski definition) is 2. The van der Waals surface area contributed by atoms with Crippen molar-refractivity contribution in [2.75, 3.05) is 0 Å². The molecule has 2 nitrogen and oxygen atoms in total. The van der Waals surface area contributed by atoms with Crippen LogP contribution in [0, 0.1) is 46.3 Å². The average Bonchev–Trinajstić information content (AvgIpc) is 3.05. The van der Waals surface area contributed by atoms with E-state index in [0.717, 1.165) is 30.1 Å². The van der Waals surface area contributed by atoms with Crippen molar-refractivity contribution in [3.63, 3.8) is 0 Å². The molecule has 4 aliphatic carbocycles. The van der Waals surface area contributed by atoms with Gasteiger partial charge in [-0.05, 0) is 92.3 Å². The Labute approximate surface area is 192 Å². The lowest BCUT2D eigenvalue weighted by molar-refractivity contribution is -0.168. The Kier molecular flexibility index (Phi) is 6.68. The molecule has 0 radical (unpaired) electrons. The summed E-state index contributed by atoms with van der Waals surface area (Å²) in [6, 6.07) is 0. The van der Waals surface area contributed by atoms with Crippen LogP contribution in [-0.2, 0) is 9.53 Å². The van der Waals surface area contributed by atoms with Crippen molar-refractivity contribution < 1.29 is 9.53 Å². The summed E-state index contributed by atoms with van der Waals surface area (Å²) in [6.07, 6.45) is 17.3. The topological polar surface area (TPSA) is 26.3 Å². The summed E-state index contributed by atoms with van der Waals surface area (Å²) in [6.45, 7) is 14.0. The van der Waals surface area contributed by atoms with Gasteiger partial charge in [0.15, 0.2) is 0 Å². The zero-order valence-corrected chi connectivity index (χ0v) is 21.2. The zero-order valence-electron chi connectivity index (χ0n) is 21.2. The lowest BCUT2D eigenvalue weighted by atomic mass is 9.47. The largest absolute Gasteiger partial charge is 0.462 e. The first-order valence-electron chi connectivity index (χ1n) is 13.5. The Morgan fingerprint density at radius 2 is 1.84 bits per heavy atom. The molecule has 176 valence electrons. The van der Waals surface area contributed by atoms with Crippen molar-refractivity contribution in [3.8, 4) is 0 Å². The van der Waals surface area contributed by atoms with Gasteiger partial charge in [-0.15, -0.1) is 0 Å². The summed E-state index contributed by atoms with van der Waals surface area (Å²) >= 11 is 0. The van der Waals surface area contributed by atoms with Crippen molar-refractivity contribution in [1.82, 2.24) is 0 Å². The quantitative estimate of drug-likeness (QED) is 0.317. The molecule has 0 aromatic carbocycles. The summed E-state index contributed by atoms with van der Waals surface area (Å²) in [4.78, 5) is 11.9. The molecule has 3 saturated carbocycles. The third kappa shape index (κ3) is 4.04. The first kappa shape index (κ1) is 23.4. The molecule has 4 rings (SSSR count). The minimum absolute atomic E-state index is 0.0835. The van der Waals surface area contributed by atoms with Gasteiger partial charge in [-0.25, -0.2) is 0 Å². The Hall–Kier alpha value is -0.790. The standard InChI is InChI=1S/C29H48O2/c1-19(2)9-7-10-20(3)24-15-16-25-23-14-13-22-11-8-12-27(31-21(4)30)29(22,6)26(23)17-18-28(24,25)5/h14,19-20,22,24-27H,7-13,15-18H2,1-6H3/t20-,22?,24-,25+,26+,27?,28-,29+/m1/s1. The molecular formula is C29H48O2. The summed E-state index contributed by atoms with van der Waals surface area (Å²) < 4.78 is 6.01. The summed E-state index contributed by atoms with van der Waals surface area (Å²) in [5.41, 5.74) is 2.41. The number of esters is 1. The van der Waals surface area contributed by atoms with Crippen molar-refractivity contribution in [1.29, 1.82) is 0 Å². The lowest BCUT2D eigenvalue weighted by Gasteiger charge is -2.59. The van der Waals surface area contributed by atoms with Gasteiger partial charge in [0.1, 0.15) is 6.10 Å². The number of carbonyl (C=O) groups excluding carboxylic acids is 1. The van der Waals surface area contributed by atoms with Gasteiger partial charge >= 0.3 is 5.97 Å². The minimum Gasteiger partial charge on any atom is -0.462 e. The highest BCUT2D eigenvalue weighted by molar-refractivity contribution is 5.66. The second-order valence-corrected chi connectivity index (χ2v) is 12.7. The molecule has 0 bridgehead atoms. The van der Waals surface area contributed by atoms with Gasteiger partial charge in [0, 0.05) is 12.3 Å². The Morgan fingerprint density at radius 3 is 2.55 bits per heavy atom. The molecule has 8 atom stereocenters. The van der Waals surface area contributed by atoms with E-state index >= 15 is 0 Å².